The molecule has 0 saturated heterocycles. The van der Waals surface area contributed by atoms with Gasteiger partial charge in [-0.3, -0.25) is 0 Å². The molecule has 0 aliphatic heterocycles. The molecular weight excluding hydrogens is 286 g/mol. The Morgan fingerprint density at radius 3 is 2.89 bits per heavy atom. The van der Waals surface area contributed by atoms with Gasteiger partial charge in [-0.15, -0.1) is 11.3 Å². The van der Waals surface area contributed by atoms with Crippen molar-refractivity contribution in [3.05, 3.63) is 33.9 Å². The number of thioether (sulfide) groups is 1. The Morgan fingerprint density at radius 1 is 1.39 bits per heavy atom. The topological polar surface area (TPSA) is 37.8 Å². The van der Waals surface area contributed by atoms with E-state index in [1.807, 2.05) is 31.4 Å². The van der Waals surface area contributed by atoms with E-state index in [1.54, 1.807) is 23.1 Å². The maximum Gasteiger partial charge on any atom is 0.150 e. The van der Waals surface area contributed by atoms with Crippen molar-refractivity contribution in [3.63, 3.8) is 0 Å². The van der Waals surface area contributed by atoms with E-state index in [9.17, 15) is 0 Å². The third kappa shape index (κ3) is 3.60. The summed E-state index contributed by atoms with van der Waals surface area (Å²) in [6.07, 6.45) is 0. The van der Waals surface area contributed by atoms with E-state index in [2.05, 4.69) is 15.3 Å². The molecule has 0 aliphatic carbocycles. The zero-order chi connectivity index (χ0) is 13.0. The third-order valence-corrected chi connectivity index (χ3v) is 4.70. The molecule has 96 valence electrons. The van der Waals surface area contributed by atoms with Gasteiger partial charge in [0.2, 0.25) is 0 Å². The molecule has 0 aromatic carbocycles. The number of halogens is 1. The van der Waals surface area contributed by atoms with E-state index < -0.39 is 0 Å². The summed E-state index contributed by atoms with van der Waals surface area (Å²) in [4.78, 5) is 8.91. The highest BCUT2D eigenvalue weighted by Gasteiger charge is 2.06. The van der Waals surface area contributed by atoms with Gasteiger partial charge in [-0.2, -0.15) is 0 Å². The molecule has 6 heteroatoms. The average Bonchev–Trinajstić information content (AvgIpc) is 2.76. The van der Waals surface area contributed by atoms with Gasteiger partial charge in [0.25, 0.3) is 0 Å². The summed E-state index contributed by atoms with van der Waals surface area (Å²) in [5.74, 6) is 1.61. The smallest absolute Gasteiger partial charge is 0.150 e. The Balaban J connectivity index is 2.05. The van der Waals surface area contributed by atoms with E-state index in [-0.39, 0.29) is 0 Å². The van der Waals surface area contributed by atoms with Gasteiger partial charge in [-0.25, -0.2) is 9.97 Å². The van der Waals surface area contributed by atoms with Crippen LogP contribution in [0.5, 0.6) is 0 Å². The summed E-state index contributed by atoms with van der Waals surface area (Å²) in [6, 6.07) is 3.78. The number of anilines is 1. The Kier molecular flexibility index (Phi) is 4.86. The first-order chi connectivity index (χ1) is 8.69. The number of thiazole rings is 1. The van der Waals surface area contributed by atoms with Gasteiger partial charge in [0.1, 0.15) is 10.2 Å². The Labute approximate surface area is 120 Å². The second-order valence-corrected chi connectivity index (χ2v) is 6.19. The SMILES string of the molecule is CCNc1ccc(Cl)c(CSc2nc(C)cs2)n1. The first-order valence-corrected chi connectivity index (χ1v) is 7.87. The molecule has 0 fully saturated rings. The quantitative estimate of drug-likeness (QED) is 0.839. The highest BCUT2D eigenvalue weighted by Crippen LogP contribution is 2.28. The van der Waals surface area contributed by atoms with Crippen molar-refractivity contribution >= 4 is 40.5 Å². The molecule has 0 radical (unpaired) electrons. The minimum Gasteiger partial charge on any atom is -0.370 e. The van der Waals surface area contributed by atoms with Crippen molar-refractivity contribution < 1.29 is 0 Å². The van der Waals surface area contributed by atoms with Crippen LogP contribution in [0.1, 0.15) is 18.3 Å². The first-order valence-electron chi connectivity index (χ1n) is 5.63. The molecule has 0 saturated carbocycles. The molecule has 2 aromatic rings. The van der Waals surface area contributed by atoms with Gasteiger partial charge in [0.05, 0.1) is 10.7 Å². The molecular formula is C12H14ClN3S2. The average molecular weight is 300 g/mol. The molecule has 1 N–H and O–H groups in total. The lowest BCUT2D eigenvalue weighted by Gasteiger charge is -2.06. The van der Waals surface area contributed by atoms with Gasteiger partial charge in [0, 0.05) is 23.4 Å². The van der Waals surface area contributed by atoms with Crippen molar-refractivity contribution in [1.82, 2.24) is 9.97 Å². The van der Waals surface area contributed by atoms with E-state index >= 15 is 0 Å². The van der Waals surface area contributed by atoms with E-state index in [0.717, 1.165) is 33.8 Å². The number of aryl methyl sites for hydroxylation is 1. The minimum atomic E-state index is 0.706. The maximum atomic E-state index is 6.15. The number of hydrogen-bond donors (Lipinski definition) is 1. The van der Waals surface area contributed by atoms with Crippen LogP contribution in [0.4, 0.5) is 5.82 Å². The standard InChI is InChI=1S/C12H14ClN3S2/c1-3-14-11-5-4-9(13)10(16-11)7-18-12-15-8(2)6-17-12/h4-6H,3,7H2,1-2H3,(H,14,16). The second-order valence-electron chi connectivity index (χ2n) is 3.70. The molecule has 3 nitrogen and oxygen atoms in total. The third-order valence-electron chi connectivity index (χ3n) is 2.21. The number of rotatable bonds is 5. The summed E-state index contributed by atoms with van der Waals surface area (Å²) < 4.78 is 1.05. The maximum absolute atomic E-state index is 6.15. The zero-order valence-electron chi connectivity index (χ0n) is 10.2. The largest absolute Gasteiger partial charge is 0.370 e. The Hall–Kier alpha value is -0.780. The molecule has 18 heavy (non-hydrogen) atoms. The van der Waals surface area contributed by atoms with Crippen LogP contribution in [0.2, 0.25) is 5.02 Å². The lowest BCUT2D eigenvalue weighted by atomic mass is 10.3. The van der Waals surface area contributed by atoms with Gasteiger partial charge in [0.15, 0.2) is 0 Å². The molecule has 0 atom stereocenters. The highest BCUT2D eigenvalue weighted by atomic mass is 35.5. The second kappa shape index (κ2) is 6.41. The van der Waals surface area contributed by atoms with Gasteiger partial charge >= 0.3 is 0 Å². The summed E-state index contributed by atoms with van der Waals surface area (Å²) in [6.45, 7) is 4.90. The number of nitrogens with one attached hydrogen (secondary N) is 1. The number of hydrogen-bond acceptors (Lipinski definition) is 5. The predicted molar refractivity (Wildman–Crippen MR) is 79.8 cm³/mol. The lowest BCUT2D eigenvalue weighted by Crippen LogP contribution is -2.01. The fraction of sp³-hybridized carbons (Fsp3) is 0.333. The van der Waals surface area contributed by atoms with Crippen molar-refractivity contribution in [2.45, 2.75) is 23.9 Å². The Bertz CT molecular complexity index is 528. The van der Waals surface area contributed by atoms with E-state index in [0.29, 0.717) is 5.02 Å². The van der Waals surface area contributed by atoms with E-state index in [4.69, 9.17) is 11.6 Å². The van der Waals surface area contributed by atoms with Crippen LogP contribution in [-0.4, -0.2) is 16.5 Å². The van der Waals surface area contributed by atoms with Crippen molar-refractivity contribution in [1.29, 1.82) is 0 Å². The molecule has 0 bridgehead atoms. The monoisotopic (exact) mass is 299 g/mol. The van der Waals surface area contributed by atoms with Crippen LogP contribution in [0.25, 0.3) is 0 Å². The summed E-state index contributed by atoms with van der Waals surface area (Å²) in [5.41, 5.74) is 1.95. The van der Waals surface area contributed by atoms with Crippen LogP contribution in [0.3, 0.4) is 0 Å². The zero-order valence-corrected chi connectivity index (χ0v) is 12.6. The normalized spacial score (nSPS) is 10.6. The highest BCUT2D eigenvalue weighted by molar-refractivity contribution is 8.00. The van der Waals surface area contributed by atoms with Crippen LogP contribution < -0.4 is 5.32 Å². The molecule has 0 unspecified atom stereocenters. The molecule has 2 heterocycles. The predicted octanol–water partition coefficient (Wildman–Crippen LogP) is 4.22. The number of aromatic nitrogens is 2. The van der Waals surface area contributed by atoms with Gasteiger partial charge in [-0.05, 0) is 26.0 Å². The van der Waals surface area contributed by atoms with Crippen LogP contribution in [0.15, 0.2) is 21.9 Å². The van der Waals surface area contributed by atoms with Crippen LogP contribution >= 0.6 is 34.7 Å². The molecule has 2 rings (SSSR count). The lowest BCUT2D eigenvalue weighted by molar-refractivity contribution is 1.11. The Morgan fingerprint density at radius 2 is 2.22 bits per heavy atom. The van der Waals surface area contributed by atoms with Crippen molar-refractivity contribution in [3.8, 4) is 0 Å². The summed E-state index contributed by atoms with van der Waals surface area (Å²) >= 11 is 9.47. The number of pyridine rings is 1. The number of nitrogens with zero attached hydrogens (tertiary/aromatic N) is 2. The minimum absolute atomic E-state index is 0.706. The van der Waals surface area contributed by atoms with Crippen LogP contribution in [-0.2, 0) is 5.75 Å². The van der Waals surface area contributed by atoms with Crippen LogP contribution in [0, 0.1) is 6.92 Å². The van der Waals surface area contributed by atoms with Crippen molar-refractivity contribution in [2.24, 2.45) is 0 Å². The summed E-state index contributed by atoms with van der Waals surface area (Å²) in [5, 5.41) is 5.94. The van der Waals surface area contributed by atoms with E-state index in [1.165, 1.54) is 0 Å². The van der Waals surface area contributed by atoms with Gasteiger partial charge in [-0.1, -0.05) is 23.4 Å². The van der Waals surface area contributed by atoms with Gasteiger partial charge < -0.3 is 5.32 Å². The van der Waals surface area contributed by atoms with Crippen molar-refractivity contribution in [2.75, 3.05) is 11.9 Å². The molecule has 0 spiro atoms. The molecule has 0 aliphatic rings. The molecule has 0 amide bonds. The molecule has 2 aromatic heterocycles. The first kappa shape index (κ1) is 13.6. The fourth-order valence-electron chi connectivity index (χ4n) is 1.39. The fourth-order valence-corrected chi connectivity index (χ4v) is 3.45. The summed E-state index contributed by atoms with van der Waals surface area (Å²) in [7, 11) is 0.